The molecule has 0 saturated heterocycles. The minimum absolute atomic E-state index is 0.125. The number of nitrogens with zero attached hydrogens (tertiary/aromatic N) is 2. The maximum atomic E-state index is 14.1. The van der Waals surface area contributed by atoms with Crippen molar-refractivity contribution in [3.05, 3.63) is 106 Å². The molecule has 0 bridgehead atoms. The van der Waals surface area contributed by atoms with E-state index in [0.717, 1.165) is 22.3 Å². The van der Waals surface area contributed by atoms with Crippen molar-refractivity contribution in [2.75, 3.05) is 19.8 Å². The van der Waals surface area contributed by atoms with Crippen LogP contribution >= 0.6 is 0 Å². The summed E-state index contributed by atoms with van der Waals surface area (Å²) in [7, 11) is 0. The van der Waals surface area contributed by atoms with Gasteiger partial charge in [0.15, 0.2) is 0 Å². The molecular formula is C44H52F2N2O6. The number of carboxylic acids is 1. The van der Waals surface area contributed by atoms with E-state index in [4.69, 9.17) is 14.2 Å². The largest absolute Gasteiger partial charge is 0.493 e. The predicted molar refractivity (Wildman–Crippen MR) is 211 cm³/mol. The molecule has 10 heteroatoms. The molecular weight excluding hydrogens is 690 g/mol. The predicted octanol–water partition coefficient (Wildman–Crippen LogP) is 11.3. The van der Waals surface area contributed by atoms with Gasteiger partial charge in [0.1, 0.15) is 23.1 Å². The molecule has 0 unspecified atom stereocenters. The lowest BCUT2D eigenvalue weighted by Gasteiger charge is -2.14. The zero-order chi connectivity index (χ0) is 40.3. The first kappa shape index (κ1) is 43.0. The number of allylic oxidation sites excluding steroid dienone is 4. The standard InChI is InChI=1S/C23H28FNO3.C21H24FNO3/c1-7-27-23(26)20-8-9-21(25-22(20)16(6)15(4)5)17-10-18(24)12-19(11-17)28-13-14(2)3;1-12(2)11-26-17-9-15(8-16(22)10-17)19-7-6-18(21(24)25)20(23-19)14(5)13(3)4/h8-12,14H,7,13H2,1-6H3;6-10,12H,11H2,1-5H3,(H,24,25). The molecule has 2 aromatic carbocycles. The first-order valence-electron chi connectivity index (χ1n) is 18.0. The van der Waals surface area contributed by atoms with Crippen LogP contribution < -0.4 is 9.47 Å². The van der Waals surface area contributed by atoms with E-state index in [0.29, 0.717) is 76.0 Å². The van der Waals surface area contributed by atoms with Crippen molar-refractivity contribution in [3.8, 4) is 34.0 Å². The second-order valence-electron chi connectivity index (χ2n) is 14.2. The number of carbonyl (C=O) groups is 2. The van der Waals surface area contributed by atoms with Crippen LogP contribution in [0, 0.1) is 23.5 Å². The highest BCUT2D eigenvalue weighted by Gasteiger charge is 2.19. The topological polar surface area (TPSA) is 108 Å². The van der Waals surface area contributed by atoms with E-state index in [2.05, 4.69) is 9.97 Å². The van der Waals surface area contributed by atoms with Crippen molar-refractivity contribution < 1.29 is 37.7 Å². The van der Waals surface area contributed by atoms with Crippen LogP contribution in [0.5, 0.6) is 11.5 Å². The molecule has 0 aliphatic rings. The van der Waals surface area contributed by atoms with Crippen LogP contribution in [0.4, 0.5) is 8.78 Å². The summed E-state index contributed by atoms with van der Waals surface area (Å²) >= 11 is 0. The lowest BCUT2D eigenvalue weighted by molar-refractivity contribution is 0.0525. The number of hydrogen-bond acceptors (Lipinski definition) is 7. The van der Waals surface area contributed by atoms with Crippen LogP contribution in [0.2, 0.25) is 0 Å². The maximum Gasteiger partial charge on any atom is 0.340 e. The van der Waals surface area contributed by atoms with Crippen LogP contribution in [0.1, 0.15) is 108 Å². The van der Waals surface area contributed by atoms with E-state index in [1.54, 1.807) is 37.3 Å². The number of carboxylic acid groups (broad SMARTS) is 1. The Labute approximate surface area is 317 Å². The van der Waals surface area contributed by atoms with E-state index in [9.17, 15) is 23.5 Å². The number of carbonyl (C=O) groups excluding carboxylic acids is 1. The van der Waals surface area contributed by atoms with E-state index in [1.165, 1.54) is 30.3 Å². The second kappa shape index (κ2) is 19.6. The molecule has 0 fully saturated rings. The third-order valence-electron chi connectivity index (χ3n) is 8.23. The molecule has 4 aromatic rings. The van der Waals surface area contributed by atoms with Gasteiger partial charge in [0, 0.05) is 23.3 Å². The zero-order valence-electron chi connectivity index (χ0n) is 33.2. The Morgan fingerprint density at radius 1 is 0.648 bits per heavy atom. The molecule has 54 heavy (non-hydrogen) atoms. The van der Waals surface area contributed by atoms with Crippen LogP contribution in [0.25, 0.3) is 33.7 Å². The maximum absolute atomic E-state index is 14.1. The molecule has 0 saturated carbocycles. The third kappa shape index (κ3) is 12.1. The summed E-state index contributed by atoms with van der Waals surface area (Å²) in [6, 6.07) is 15.4. The molecule has 0 radical (unpaired) electrons. The van der Waals surface area contributed by atoms with Gasteiger partial charge in [-0.05, 0) is 120 Å². The second-order valence-corrected chi connectivity index (χ2v) is 14.2. The van der Waals surface area contributed by atoms with Crippen molar-refractivity contribution in [1.82, 2.24) is 9.97 Å². The highest BCUT2D eigenvalue weighted by Crippen LogP contribution is 2.30. The van der Waals surface area contributed by atoms with Crippen LogP contribution in [-0.4, -0.2) is 46.8 Å². The van der Waals surface area contributed by atoms with Gasteiger partial charge in [-0.3, -0.25) is 0 Å². The summed E-state index contributed by atoms with van der Waals surface area (Å²) in [5.74, 6) is -0.739. The molecule has 2 heterocycles. The lowest BCUT2D eigenvalue weighted by atomic mass is 10.0. The molecule has 8 nitrogen and oxygen atoms in total. The molecule has 0 amide bonds. The quantitative estimate of drug-likeness (QED) is 0.135. The molecule has 0 aliphatic carbocycles. The first-order valence-corrected chi connectivity index (χ1v) is 18.0. The first-order chi connectivity index (χ1) is 25.4. The summed E-state index contributed by atoms with van der Waals surface area (Å²) in [5.41, 5.74) is 7.35. The number of pyridine rings is 2. The Morgan fingerprint density at radius 3 is 1.43 bits per heavy atom. The van der Waals surface area contributed by atoms with Gasteiger partial charge in [0.25, 0.3) is 0 Å². The Hall–Kier alpha value is -5.38. The van der Waals surface area contributed by atoms with Gasteiger partial charge in [-0.2, -0.15) is 0 Å². The van der Waals surface area contributed by atoms with E-state index < -0.39 is 23.6 Å². The molecule has 0 atom stereocenters. The Morgan fingerprint density at radius 2 is 1.06 bits per heavy atom. The monoisotopic (exact) mass is 742 g/mol. The zero-order valence-corrected chi connectivity index (χ0v) is 33.2. The fourth-order valence-corrected chi connectivity index (χ4v) is 4.94. The van der Waals surface area contributed by atoms with Crippen molar-refractivity contribution in [2.45, 2.75) is 76.2 Å². The average Bonchev–Trinajstić information content (AvgIpc) is 3.11. The van der Waals surface area contributed by atoms with Gasteiger partial charge in [0.2, 0.25) is 0 Å². The normalized spacial score (nSPS) is 10.7. The Bertz CT molecular complexity index is 2030. The summed E-state index contributed by atoms with van der Waals surface area (Å²) in [4.78, 5) is 33.0. The summed E-state index contributed by atoms with van der Waals surface area (Å²) < 4.78 is 44.6. The highest BCUT2D eigenvalue weighted by molar-refractivity contribution is 5.95. The van der Waals surface area contributed by atoms with Crippen molar-refractivity contribution in [2.24, 2.45) is 11.8 Å². The molecule has 1 N–H and O–H groups in total. The molecule has 2 aromatic heterocycles. The molecule has 0 aliphatic heterocycles. The van der Waals surface area contributed by atoms with Crippen molar-refractivity contribution >= 4 is 23.1 Å². The third-order valence-corrected chi connectivity index (χ3v) is 8.23. The van der Waals surface area contributed by atoms with Crippen molar-refractivity contribution in [3.63, 3.8) is 0 Å². The number of hydrogen-bond donors (Lipinski definition) is 1. The number of halogens is 2. The summed E-state index contributed by atoms with van der Waals surface area (Å²) in [5, 5.41) is 9.43. The van der Waals surface area contributed by atoms with E-state index in [-0.39, 0.29) is 12.2 Å². The number of aromatic nitrogens is 2. The van der Waals surface area contributed by atoms with E-state index >= 15 is 0 Å². The van der Waals surface area contributed by atoms with Gasteiger partial charge in [-0.15, -0.1) is 0 Å². The van der Waals surface area contributed by atoms with Crippen LogP contribution in [-0.2, 0) is 4.74 Å². The van der Waals surface area contributed by atoms with Crippen LogP contribution in [0.15, 0.2) is 71.8 Å². The van der Waals surface area contributed by atoms with Gasteiger partial charge < -0.3 is 19.3 Å². The average molecular weight is 743 g/mol. The SMILES string of the molecule is CC(C)=C(C)c1nc(-c2cc(F)cc(OCC(C)C)c2)ccc1C(=O)O.CCOC(=O)c1ccc(-c2cc(F)cc(OCC(C)C)c2)nc1C(C)=C(C)C. The molecule has 0 spiro atoms. The lowest BCUT2D eigenvalue weighted by Crippen LogP contribution is -2.10. The van der Waals surface area contributed by atoms with E-state index in [1.807, 2.05) is 69.2 Å². The van der Waals surface area contributed by atoms with Gasteiger partial charge in [-0.1, -0.05) is 38.8 Å². The van der Waals surface area contributed by atoms with Crippen molar-refractivity contribution in [1.29, 1.82) is 0 Å². The Kier molecular flexibility index (Phi) is 15.6. The van der Waals surface area contributed by atoms with Gasteiger partial charge in [0.05, 0.1) is 53.7 Å². The number of benzene rings is 2. The van der Waals surface area contributed by atoms with Gasteiger partial charge >= 0.3 is 11.9 Å². The number of rotatable bonds is 13. The van der Waals surface area contributed by atoms with Gasteiger partial charge in [-0.25, -0.2) is 28.3 Å². The summed E-state index contributed by atoms with van der Waals surface area (Å²) in [6.45, 7) is 22.6. The number of ether oxygens (including phenoxy) is 3. The fourth-order valence-electron chi connectivity index (χ4n) is 4.94. The smallest absolute Gasteiger partial charge is 0.340 e. The fraction of sp³-hybridized carbons (Fsp3) is 0.364. The Balaban J connectivity index is 0.000000291. The summed E-state index contributed by atoms with van der Waals surface area (Å²) in [6.07, 6.45) is 0. The number of aromatic carboxylic acids is 1. The minimum Gasteiger partial charge on any atom is -0.493 e. The van der Waals surface area contributed by atoms with Crippen LogP contribution in [0.3, 0.4) is 0 Å². The molecule has 288 valence electrons. The number of esters is 1. The highest BCUT2D eigenvalue weighted by atomic mass is 19.1. The minimum atomic E-state index is -1.04. The molecule has 4 rings (SSSR count).